The first-order valence-corrected chi connectivity index (χ1v) is 13.9. The number of hydrogen-bond acceptors (Lipinski definition) is 5. The van der Waals surface area contributed by atoms with Crippen LogP contribution in [0, 0.1) is 0 Å². The molecule has 6 nitrogen and oxygen atoms in total. The summed E-state index contributed by atoms with van der Waals surface area (Å²) in [7, 11) is 0. The van der Waals surface area contributed by atoms with Crippen LogP contribution >= 0.6 is 0 Å². The number of rotatable bonds is 11. The molecule has 1 heterocycles. The van der Waals surface area contributed by atoms with Crippen LogP contribution in [0.1, 0.15) is 40.3 Å². The minimum atomic E-state index is -4.56. The summed E-state index contributed by atoms with van der Waals surface area (Å²) in [5.41, 5.74) is -0.251. The topological polar surface area (TPSA) is 80.2 Å². The molecule has 5 rings (SSSR count). The van der Waals surface area contributed by atoms with E-state index >= 15 is 0 Å². The van der Waals surface area contributed by atoms with Crippen molar-refractivity contribution < 1.29 is 32.5 Å². The summed E-state index contributed by atoms with van der Waals surface area (Å²) in [6.07, 6.45) is -4.78. The smallest absolute Gasteiger partial charge is 0.416 e. The molecular weight excluding hydrogens is 557 g/mol. The molecule has 2 atom stereocenters. The maximum atomic E-state index is 14.2. The van der Waals surface area contributed by atoms with Crippen LogP contribution in [-0.2, 0) is 28.7 Å². The zero-order chi connectivity index (χ0) is 30.3. The Kier molecular flexibility index (Phi) is 9.11. The Balaban J connectivity index is 1.54. The van der Waals surface area contributed by atoms with E-state index in [1.54, 1.807) is 24.3 Å². The molecule has 9 heteroatoms. The molecule has 1 aliphatic rings. The number of benzene rings is 4. The lowest BCUT2D eigenvalue weighted by Gasteiger charge is -2.31. The van der Waals surface area contributed by atoms with E-state index in [0.29, 0.717) is 29.9 Å². The Morgan fingerprint density at radius 3 is 2.23 bits per heavy atom. The largest absolute Gasteiger partial charge is 0.494 e. The first kappa shape index (κ1) is 29.8. The van der Waals surface area contributed by atoms with E-state index in [0.717, 1.165) is 11.6 Å². The van der Waals surface area contributed by atoms with Crippen molar-refractivity contribution in [3.8, 4) is 5.75 Å². The third-order valence-corrected chi connectivity index (χ3v) is 7.21. The lowest BCUT2D eigenvalue weighted by atomic mass is 9.82. The fourth-order valence-corrected chi connectivity index (χ4v) is 5.10. The fraction of sp³-hybridized carbons (Fsp3) is 0.235. The van der Waals surface area contributed by atoms with Crippen molar-refractivity contribution >= 4 is 11.8 Å². The molecule has 0 saturated heterocycles. The van der Waals surface area contributed by atoms with Crippen LogP contribution in [0.4, 0.5) is 13.2 Å². The van der Waals surface area contributed by atoms with E-state index in [1.807, 2.05) is 60.7 Å². The van der Waals surface area contributed by atoms with Gasteiger partial charge in [-0.2, -0.15) is 13.2 Å². The van der Waals surface area contributed by atoms with Crippen molar-refractivity contribution in [2.24, 2.45) is 4.99 Å². The van der Waals surface area contributed by atoms with Gasteiger partial charge in [-0.25, -0.2) is 4.99 Å². The van der Waals surface area contributed by atoms with E-state index < -0.39 is 29.3 Å². The quantitative estimate of drug-likeness (QED) is 0.202. The maximum absolute atomic E-state index is 14.2. The second-order valence-corrected chi connectivity index (χ2v) is 10.2. The molecule has 4 aromatic rings. The first-order chi connectivity index (χ1) is 20.8. The number of alkyl halides is 3. The molecule has 0 bridgehead atoms. The van der Waals surface area contributed by atoms with Gasteiger partial charge in [0.2, 0.25) is 5.90 Å². The molecule has 1 aliphatic heterocycles. The Hall–Kier alpha value is -4.63. The molecule has 0 aliphatic carbocycles. The highest BCUT2D eigenvalue weighted by molar-refractivity contribution is 6.01. The van der Waals surface area contributed by atoms with Crippen molar-refractivity contribution in [3.63, 3.8) is 0 Å². The minimum Gasteiger partial charge on any atom is -0.494 e. The van der Waals surface area contributed by atoms with Gasteiger partial charge in [-0.15, -0.1) is 0 Å². The summed E-state index contributed by atoms with van der Waals surface area (Å²) in [5, 5.41) is 11.8. The van der Waals surface area contributed by atoms with Crippen LogP contribution in [0.2, 0.25) is 0 Å². The number of amides is 1. The second-order valence-electron chi connectivity index (χ2n) is 10.2. The first-order valence-electron chi connectivity index (χ1n) is 13.9. The molecule has 0 radical (unpaired) electrons. The van der Waals surface area contributed by atoms with Gasteiger partial charge < -0.3 is 19.9 Å². The van der Waals surface area contributed by atoms with Crippen LogP contribution in [0.3, 0.4) is 0 Å². The van der Waals surface area contributed by atoms with Crippen LogP contribution in [0.25, 0.3) is 0 Å². The summed E-state index contributed by atoms with van der Waals surface area (Å²) in [6.45, 7) is 0.0510. The van der Waals surface area contributed by atoms with Gasteiger partial charge in [-0.1, -0.05) is 78.9 Å². The van der Waals surface area contributed by atoms with Gasteiger partial charge in [-0.05, 0) is 47.0 Å². The molecule has 0 fully saturated rings. The van der Waals surface area contributed by atoms with Gasteiger partial charge in [0.05, 0.1) is 12.2 Å². The van der Waals surface area contributed by atoms with E-state index in [2.05, 4.69) is 5.32 Å². The predicted octanol–water partition coefficient (Wildman–Crippen LogP) is 6.28. The standard InChI is InChI=1S/C34H31F3N2O4/c35-34(36,37)29-15-8-7-14-27(29)23-38-32(41)33(22-24-10-3-1-4-11-24)30(25-12-5-2-6-13-25)43-31(39-33)26-16-18-28(19-17-26)42-21-9-20-40/h1-8,10-19,30,40H,9,20-23H2,(H,38,41)/t30-,33-/m1/s1. The summed E-state index contributed by atoms with van der Waals surface area (Å²) in [5.74, 6) is 0.283. The van der Waals surface area contributed by atoms with Crippen molar-refractivity contribution in [3.05, 3.63) is 137 Å². The lowest BCUT2D eigenvalue weighted by molar-refractivity contribution is -0.138. The molecule has 0 aromatic heterocycles. The highest BCUT2D eigenvalue weighted by Crippen LogP contribution is 2.42. The molecule has 0 unspecified atom stereocenters. The van der Waals surface area contributed by atoms with Gasteiger partial charge in [0.1, 0.15) is 5.75 Å². The highest BCUT2D eigenvalue weighted by Gasteiger charge is 2.53. The Morgan fingerprint density at radius 1 is 0.907 bits per heavy atom. The maximum Gasteiger partial charge on any atom is 0.416 e. The van der Waals surface area contributed by atoms with Crippen molar-refractivity contribution in [1.82, 2.24) is 5.32 Å². The molecule has 0 saturated carbocycles. The van der Waals surface area contributed by atoms with Gasteiger partial charge >= 0.3 is 6.18 Å². The van der Waals surface area contributed by atoms with Crippen molar-refractivity contribution in [1.29, 1.82) is 0 Å². The van der Waals surface area contributed by atoms with Crippen LogP contribution in [0.15, 0.2) is 114 Å². The summed E-state index contributed by atoms with van der Waals surface area (Å²) in [4.78, 5) is 19.2. The predicted molar refractivity (Wildman–Crippen MR) is 157 cm³/mol. The normalized spacial score (nSPS) is 18.0. The van der Waals surface area contributed by atoms with Crippen LogP contribution < -0.4 is 10.1 Å². The number of hydrogen-bond donors (Lipinski definition) is 2. The van der Waals surface area contributed by atoms with Crippen LogP contribution in [-0.4, -0.2) is 35.7 Å². The third kappa shape index (κ3) is 6.89. The van der Waals surface area contributed by atoms with Gasteiger partial charge in [-0.3, -0.25) is 4.79 Å². The van der Waals surface area contributed by atoms with Gasteiger partial charge in [0, 0.05) is 31.6 Å². The average Bonchev–Trinajstić information content (AvgIpc) is 3.41. The number of carbonyl (C=O) groups is 1. The summed E-state index contributed by atoms with van der Waals surface area (Å²) in [6, 6.07) is 30.7. The Labute approximate surface area is 247 Å². The highest BCUT2D eigenvalue weighted by atomic mass is 19.4. The number of aliphatic hydroxyl groups excluding tert-OH is 1. The zero-order valence-electron chi connectivity index (χ0n) is 23.3. The van der Waals surface area contributed by atoms with Crippen molar-refractivity contribution in [2.45, 2.75) is 37.2 Å². The SMILES string of the molecule is O=C(NCc1ccccc1C(F)(F)F)[C@]1(Cc2ccccc2)N=C(c2ccc(OCCCO)cc2)O[C@@H]1c1ccccc1. The van der Waals surface area contributed by atoms with Gasteiger partial charge in [0.25, 0.3) is 5.91 Å². The molecule has 4 aromatic carbocycles. The minimum absolute atomic E-state index is 0.0248. The number of ether oxygens (including phenoxy) is 2. The van der Waals surface area contributed by atoms with E-state index in [1.165, 1.54) is 18.2 Å². The lowest BCUT2D eigenvalue weighted by Crippen LogP contribution is -2.49. The zero-order valence-corrected chi connectivity index (χ0v) is 23.3. The molecule has 0 spiro atoms. The van der Waals surface area contributed by atoms with E-state index in [-0.39, 0.29) is 31.0 Å². The molecule has 222 valence electrons. The van der Waals surface area contributed by atoms with Gasteiger partial charge in [0.15, 0.2) is 11.6 Å². The number of halogens is 3. The van der Waals surface area contributed by atoms with Crippen LogP contribution in [0.5, 0.6) is 5.75 Å². The molecule has 2 N–H and O–H groups in total. The number of nitrogens with zero attached hydrogens (tertiary/aromatic N) is 1. The molecular formula is C34H31F3N2O4. The van der Waals surface area contributed by atoms with E-state index in [4.69, 9.17) is 19.6 Å². The van der Waals surface area contributed by atoms with Crippen molar-refractivity contribution in [2.75, 3.05) is 13.2 Å². The van der Waals surface area contributed by atoms with E-state index in [9.17, 15) is 18.0 Å². The number of aliphatic imine (C=N–C) groups is 1. The third-order valence-electron chi connectivity index (χ3n) is 7.21. The molecule has 1 amide bonds. The number of nitrogens with one attached hydrogen (secondary N) is 1. The second kappa shape index (κ2) is 13.1. The Bertz CT molecular complexity index is 1540. The number of carbonyl (C=O) groups excluding carboxylic acids is 1. The molecule has 43 heavy (non-hydrogen) atoms. The Morgan fingerprint density at radius 2 is 1.56 bits per heavy atom. The average molecular weight is 589 g/mol. The fourth-order valence-electron chi connectivity index (χ4n) is 5.10. The monoisotopic (exact) mass is 588 g/mol. The summed E-state index contributed by atoms with van der Waals surface area (Å²) < 4.78 is 53.2. The summed E-state index contributed by atoms with van der Waals surface area (Å²) >= 11 is 0. The number of aliphatic hydroxyl groups is 1.